The monoisotopic (exact) mass is 244 g/mol. The summed E-state index contributed by atoms with van der Waals surface area (Å²) in [5.74, 6) is 0.864. The molecule has 3 nitrogen and oxygen atoms in total. The van der Waals surface area contributed by atoms with Crippen LogP contribution in [0.25, 0.3) is 11.0 Å². The van der Waals surface area contributed by atoms with Gasteiger partial charge in [0.1, 0.15) is 11.3 Å². The SMILES string of the molecule is O=c1ccc2cc(OC3CCCCC3)ccc2o1. The number of fused-ring (bicyclic) bond motifs is 1. The molecule has 0 saturated heterocycles. The first-order valence-electron chi connectivity index (χ1n) is 6.52. The average molecular weight is 244 g/mol. The number of rotatable bonds is 2. The van der Waals surface area contributed by atoms with Crippen molar-refractivity contribution in [2.45, 2.75) is 38.2 Å². The first-order chi connectivity index (χ1) is 8.81. The Morgan fingerprint density at radius 2 is 1.89 bits per heavy atom. The number of hydrogen-bond donors (Lipinski definition) is 0. The van der Waals surface area contributed by atoms with Crippen LogP contribution in [-0.2, 0) is 0 Å². The highest BCUT2D eigenvalue weighted by molar-refractivity contribution is 5.77. The Balaban J connectivity index is 1.84. The second-order valence-corrected chi connectivity index (χ2v) is 4.83. The van der Waals surface area contributed by atoms with Gasteiger partial charge in [-0.15, -0.1) is 0 Å². The highest BCUT2D eigenvalue weighted by Crippen LogP contribution is 2.25. The molecule has 18 heavy (non-hydrogen) atoms. The molecule has 1 aromatic carbocycles. The maximum absolute atomic E-state index is 11.1. The van der Waals surface area contributed by atoms with Gasteiger partial charge < -0.3 is 9.15 Å². The summed E-state index contributed by atoms with van der Waals surface area (Å²) in [4.78, 5) is 11.1. The highest BCUT2D eigenvalue weighted by atomic mass is 16.5. The summed E-state index contributed by atoms with van der Waals surface area (Å²) >= 11 is 0. The normalized spacial score (nSPS) is 16.9. The fourth-order valence-corrected chi connectivity index (χ4v) is 2.50. The maximum Gasteiger partial charge on any atom is 0.336 e. The zero-order valence-corrected chi connectivity index (χ0v) is 10.2. The van der Waals surface area contributed by atoms with Crippen LogP contribution < -0.4 is 10.4 Å². The summed E-state index contributed by atoms with van der Waals surface area (Å²) in [7, 11) is 0. The number of benzene rings is 1. The van der Waals surface area contributed by atoms with Crippen LogP contribution >= 0.6 is 0 Å². The summed E-state index contributed by atoms with van der Waals surface area (Å²) in [5.41, 5.74) is 0.293. The van der Waals surface area contributed by atoms with Gasteiger partial charge in [-0.2, -0.15) is 0 Å². The standard InChI is InChI=1S/C15H16O3/c16-15-9-6-11-10-13(7-8-14(11)18-15)17-12-4-2-1-3-5-12/h6-10,12H,1-5H2. The van der Waals surface area contributed by atoms with Crippen molar-refractivity contribution in [2.75, 3.05) is 0 Å². The van der Waals surface area contributed by atoms with Crippen molar-refractivity contribution in [2.24, 2.45) is 0 Å². The molecule has 0 radical (unpaired) electrons. The first-order valence-corrected chi connectivity index (χ1v) is 6.52. The number of hydrogen-bond acceptors (Lipinski definition) is 3. The number of ether oxygens (including phenoxy) is 1. The molecule has 0 amide bonds. The van der Waals surface area contributed by atoms with Crippen molar-refractivity contribution in [3.05, 3.63) is 40.8 Å². The van der Waals surface area contributed by atoms with Crippen LogP contribution in [0.4, 0.5) is 0 Å². The Labute approximate surface area is 105 Å². The van der Waals surface area contributed by atoms with Gasteiger partial charge in [0.2, 0.25) is 0 Å². The van der Waals surface area contributed by atoms with Gasteiger partial charge in [0.15, 0.2) is 0 Å². The second-order valence-electron chi connectivity index (χ2n) is 4.83. The molecule has 1 aliphatic rings. The lowest BCUT2D eigenvalue weighted by Crippen LogP contribution is -2.19. The molecule has 0 unspecified atom stereocenters. The lowest BCUT2D eigenvalue weighted by atomic mass is 9.98. The van der Waals surface area contributed by atoms with Crippen molar-refractivity contribution in [3.63, 3.8) is 0 Å². The molecular weight excluding hydrogens is 228 g/mol. The van der Waals surface area contributed by atoms with Crippen molar-refractivity contribution >= 4 is 11.0 Å². The molecule has 0 spiro atoms. The van der Waals surface area contributed by atoms with Crippen LogP contribution in [-0.4, -0.2) is 6.10 Å². The largest absolute Gasteiger partial charge is 0.490 e. The van der Waals surface area contributed by atoms with Crippen LogP contribution in [0.15, 0.2) is 39.5 Å². The third-order valence-electron chi connectivity index (χ3n) is 3.45. The summed E-state index contributed by atoms with van der Waals surface area (Å²) in [5, 5.41) is 0.905. The minimum absolute atomic E-state index is 0.316. The van der Waals surface area contributed by atoms with Crippen molar-refractivity contribution in [3.8, 4) is 5.75 Å². The predicted molar refractivity (Wildman–Crippen MR) is 70.0 cm³/mol. The molecule has 1 fully saturated rings. The molecule has 3 heteroatoms. The van der Waals surface area contributed by atoms with E-state index in [1.807, 2.05) is 12.1 Å². The molecule has 1 heterocycles. The van der Waals surface area contributed by atoms with Crippen molar-refractivity contribution < 1.29 is 9.15 Å². The second kappa shape index (κ2) is 4.84. The van der Waals surface area contributed by atoms with Crippen LogP contribution in [0, 0.1) is 0 Å². The van der Waals surface area contributed by atoms with Crippen LogP contribution in [0.5, 0.6) is 5.75 Å². The van der Waals surface area contributed by atoms with Crippen LogP contribution in [0.1, 0.15) is 32.1 Å². The molecule has 0 bridgehead atoms. The summed E-state index contributed by atoms with van der Waals surface area (Å²) in [6, 6.07) is 8.82. The Morgan fingerprint density at radius 1 is 1.06 bits per heavy atom. The van der Waals surface area contributed by atoms with E-state index >= 15 is 0 Å². The van der Waals surface area contributed by atoms with E-state index in [9.17, 15) is 4.79 Å². The van der Waals surface area contributed by atoms with E-state index in [4.69, 9.17) is 9.15 Å². The Bertz CT molecular complexity index is 594. The molecule has 94 valence electrons. The fraction of sp³-hybridized carbons (Fsp3) is 0.400. The van der Waals surface area contributed by atoms with Gasteiger partial charge in [-0.25, -0.2) is 4.79 Å². The average Bonchev–Trinajstić information content (AvgIpc) is 2.40. The Hall–Kier alpha value is -1.77. The van der Waals surface area contributed by atoms with E-state index in [0.29, 0.717) is 11.7 Å². The molecule has 0 N–H and O–H groups in total. The van der Waals surface area contributed by atoms with Gasteiger partial charge in [-0.3, -0.25) is 0 Å². The third-order valence-corrected chi connectivity index (χ3v) is 3.45. The summed E-state index contributed by atoms with van der Waals surface area (Å²) in [6.07, 6.45) is 6.46. The molecule has 0 aliphatic heterocycles. The van der Waals surface area contributed by atoms with E-state index in [0.717, 1.165) is 24.0 Å². The van der Waals surface area contributed by atoms with E-state index in [2.05, 4.69) is 0 Å². The van der Waals surface area contributed by atoms with Gasteiger partial charge in [-0.05, 0) is 49.9 Å². The van der Waals surface area contributed by atoms with Gasteiger partial charge >= 0.3 is 5.63 Å². The van der Waals surface area contributed by atoms with E-state index < -0.39 is 0 Å². The maximum atomic E-state index is 11.1. The quantitative estimate of drug-likeness (QED) is 0.759. The van der Waals surface area contributed by atoms with Crippen LogP contribution in [0.3, 0.4) is 0 Å². The first kappa shape index (κ1) is 11.3. The van der Waals surface area contributed by atoms with Crippen molar-refractivity contribution in [1.82, 2.24) is 0 Å². The summed E-state index contributed by atoms with van der Waals surface area (Å²) < 4.78 is 11.1. The highest BCUT2D eigenvalue weighted by Gasteiger charge is 2.14. The van der Waals surface area contributed by atoms with Gasteiger partial charge in [0.05, 0.1) is 6.10 Å². The summed E-state index contributed by atoms with van der Waals surface area (Å²) in [6.45, 7) is 0. The minimum atomic E-state index is -0.316. The predicted octanol–water partition coefficient (Wildman–Crippen LogP) is 3.50. The molecule has 3 rings (SSSR count). The molecule has 2 aromatic rings. The lowest BCUT2D eigenvalue weighted by Gasteiger charge is -2.23. The van der Waals surface area contributed by atoms with E-state index in [-0.39, 0.29) is 5.63 Å². The van der Waals surface area contributed by atoms with Gasteiger partial charge in [0, 0.05) is 11.5 Å². The van der Waals surface area contributed by atoms with Crippen molar-refractivity contribution in [1.29, 1.82) is 0 Å². The minimum Gasteiger partial charge on any atom is -0.490 e. The molecule has 1 aliphatic carbocycles. The Morgan fingerprint density at radius 3 is 2.72 bits per heavy atom. The van der Waals surface area contributed by atoms with E-state index in [1.54, 1.807) is 12.1 Å². The smallest absolute Gasteiger partial charge is 0.336 e. The molecule has 1 aromatic heterocycles. The fourth-order valence-electron chi connectivity index (χ4n) is 2.50. The molecular formula is C15H16O3. The Kier molecular flexibility index (Phi) is 3.05. The topological polar surface area (TPSA) is 39.4 Å². The van der Waals surface area contributed by atoms with Gasteiger partial charge in [-0.1, -0.05) is 6.42 Å². The third kappa shape index (κ3) is 2.40. The van der Waals surface area contributed by atoms with Gasteiger partial charge in [0.25, 0.3) is 0 Å². The lowest BCUT2D eigenvalue weighted by molar-refractivity contribution is 0.155. The molecule has 0 atom stereocenters. The zero-order chi connectivity index (χ0) is 12.4. The zero-order valence-electron chi connectivity index (χ0n) is 10.2. The van der Waals surface area contributed by atoms with Crippen LogP contribution in [0.2, 0.25) is 0 Å². The van der Waals surface area contributed by atoms with E-state index in [1.165, 1.54) is 25.3 Å². The molecule has 1 saturated carbocycles.